The highest BCUT2D eigenvalue weighted by atomic mass is 35.5. The first-order valence-corrected chi connectivity index (χ1v) is 8.46. The molecule has 1 atom stereocenters. The molecule has 3 N–H and O–H groups in total. The molecule has 1 aromatic carbocycles. The normalized spacial score (nSPS) is 19.0. The van der Waals surface area contributed by atoms with Crippen molar-refractivity contribution in [1.29, 1.82) is 0 Å². The Balaban J connectivity index is 2.41. The van der Waals surface area contributed by atoms with E-state index in [0.29, 0.717) is 6.07 Å². The Labute approximate surface area is 131 Å². The molecular formula is C13H16ClF3N2O2S. The molecular weight excluding hydrogens is 341 g/mol. The minimum Gasteiger partial charge on any atom is -0.329 e. The van der Waals surface area contributed by atoms with Gasteiger partial charge in [-0.1, -0.05) is 11.6 Å². The molecule has 0 saturated heterocycles. The van der Waals surface area contributed by atoms with Gasteiger partial charge < -0.3 is 5.73 Å². The van der Waals surface area contributed by atoms with E-state index in [0.717, 1.165) is 25.0 Å². The summed E-state index contributed by atoms with van der Waals surface area (Å²) in [5.41, 5.74) is 3.67. The van der Waals surface area contributed by atoms with E-state index in [2.05, 4.69) is 4.72 Å². The molecule has 0 spiro atoms. The predicted molar refractivity (Wildman–Crippen MR) is 77.0 cm³/mol. The van der Waals surface area contributed by atoms with Gasteiger partial charge in [-0.2, -0.15) is 13.2 Å². The maximum Gasteiger partial charge on any atom is 0.416 e. The number of rotatable bonds is 5. The van der Waals surface area contributed by atoms with Crippen LogP contribution >= 0.6 is 11.6 Å². The zero-order chi connectivity index (χ0) is 16.8. The maximum atomic E-state index is 12.8. The summed E-state index contributed by atoms with van der Waals surface area (Å²) in [6.45, 7) is 1.69. The average Bonchev–Trinajstić information content (AvgIpc) is 3.21. The lowest BCUT2D eigenvalue weighted by Crippen LogP contribution is -2.53. The van der Waals surface area contributed by atoms with Gasteiger partial charge in [-0.25, -0.2) is 13.1 Å². The van der Waals surface area contributed by atoms with E-state index in [1.807, 2.05) is 0 Å². The van der Waals surface area contributed by atoms with Crippen LogP contribution in [0, 0.1) is 5.92 Å². The summed E-state index contributed by atoms with van der Waals surface area (Å²) in [6.07, 6.45) is -3.00. The lowest BCUT2D eigenvalue weighted by molar-refractivity contribution is -0.137. The van der Waals surface area contributed by atoms with E-state index in [4.69, 9.17) is 17.3 Å². The molecule has 0 radical (unpaired) electrons. The molecule has 0 aliphatic heterocycles. The molecule has 1 fully saturated rings. The van der Waals surface area contributed by atoms with Crippen LogP contribution in [-0.4, -0.2) is 20.5 Å². The van der Waals surface area contributed by atoms with E-state index < -0.39 is 32.2 Å². The molecule has 0 amide bonds. The first-order chi connectivity index (χ1) is 9.99. The van der Waals surface area contributed by atoms with Crippen molar-refractivity contribution in [2.45, 2.75) is 36.4 Å². The van der Waals surface area contributed by atoms with Crippen LogP contribution < -0.4 is 10.5 Å². The van der Waals surface area contributed by atoms with Crippen LogP contribution in [0.2, 0.25) is 5.02 Å². The van der Waals surface area contributed by atoms with Gasteiger partial charge in [0, 0.05) is 12.1 Å². The number of hydrogen-bond acceptors (Lipinski definition) is 3. The minimum absolute atomic E-state index is 0.0491. The number of nitrogens with two attached hydrogens (primary N) is 1. The second kappa shape index (κ2) is 5.67. The van der Waals surface area contributed by atoms with Crippen LogP contribution in [0.15, 0.2) is 23.1 Å². The Hall–Kier alpha value is -0.830. The first kappa shape index (κ1) is 17.5. The predicted octanol–water partition coefficient (Wildman–Crippen LogP) is 2.76. The summed E-state index contributed by atoms with van der Waals surface area (Å²) in [5.74, 6) is 0.0804. The lowest BCUT2D eigenvalue weighted by atomic mass is 9.98. The maximum absolute atomic E-state index is 12.8. The molecule has 4 nitrogen and oxygen atoms in total. The zero-order valence-corrected chi connectivity index (χ0v) is 13.3. The number of sulfonamides is 1. The summed E-state index contributed by atoms with van der Waals surface area (Å²) in [7, 11) is -4.21. The molecule has 0 heterocycles. The fourth-order valence-corrected chi connectivity index (χ4v) is 4.26. The fraction of sp³-hybridized carbons (Fsp3) is 0.538. The molecule has 9 heteroatoms. The van der Waals surface area contributed by atoms with Crippen LogP contribution in [0.25, 0.3) is 0 Å². The van der Waals surface area contributed by atoms with Gasteiger partial charge in [0.1, 0.15) is 4.90 Å². The molecule has 1 aliphatic carbocycles. The number of hydrogen-bond donors (Lipinski definition) is 2. The molecule has 1 saturated carbocycles. The minimum atomic E-state index is -4.65. The Morgan fingerprint density at radius 3 is 2.41 bits per heavy atom. The van der Waals surface area contributed by atoms with Gasteiger partial charge in [-0.05, 0) is 43.9 Å². The largest absolute Gasteiger partial charge is 0.416 e. The standard InChI is InChI=1S/C13H16ClF3N2O2S/c1-12(7-18,8-2-3-8)19-22(20,21)11-6-9(13(15,16)17)4-5-10(11)14/h4-6,8,19H,2-3,7,18H2,1H3. The van der Waals surface area contributed by atoms with Crippen molar-refractivity contribution in [2.24, 2.45) is 11.7 Å². The third kappa shape index (κ3) is 3.56. The molecule has 1 aromatic rings. The van der Waals surface area contributed by atoms with Gasteiger partial charge in [-0.15, -0.1) is 0 Å². The molecule has 1 aliphatic rings. The number of nitrogens with one attached hydrogen (secondary N) is 1. The van der Waals surface area contributed by atoms with Gasteiger partial charge >= 0.3 is 6.18 Å². The highest BCUT2D eigenvalue weighted by Crippen LogP contribution is 2.40. The molecule has 124 valence electrons. The number of benzene rings is 1. The molecule has 1 unspecified atom stereocenters. The van der Waals surface area contributed by atoms with Crippen molar-refractivity contribution >= 4 is 21.6 Å². The zero-order valence-electron chi connectivity index (χ0n) is 11.7. The third-order valence-electron chi connectivity index (χ3n) is 3.82. The van der Waals surface area contributed by atoms with E-state index in [1.54, 1.807) is 6.92 Å². The third-order valence-corrected chi connectivity index (χ3v) is 5.91. The van der Waals surface area contributed by atoms with Gasteiger partial charge in [0.25, 0.3) is 0 Å². The van der Waals surface area contributed by atoms with Crippen molar-refractivity contribution in [3.63, 3.8) is 0 Å². The van der Waals surface area contributed by atoms with Crippen LogP contribution in [-0.2, 0) is 16.2 Å². The van der Waals surface area contributed by atoms with Gasteiger partial charge in [0.05, 0.1) is 10.6 Å². The van der Waals surface area contributed by atoms with Crippen molar-refractivity contribution < 1.29 is 21.6 Å². The Bertz CT molecular complexity index is 674. The Kier molecular flexibility index (Phi) is 4.51. The van der Waals surface area contributed by atoms with Crippen molar-refractivity contribution in [1.82, 2.24) is 4.72 Å². The van der Waals surface area contributed by atoms with E-state index >= 15 is 0 Å². The van der Waals surface area contributed by atoms with Gasteiger partial charge in [0.2, 0.25) is 10.0 Å². The van der Waals surface area contributed by atoms with Crippen LogP contribution in [0.5, 0.6) is 0 Å². The molecule has 2 rings (SSSR count). The van der Waals surface area contributed by atoms with Crippen LogP contribution in [0.1, 0.15) is 25.3 Å². The monoisotopic (exact) mass is 356 g/mol. The number of halogens is 4. The summed E-state index contributed by atoms with van der Waals surface area (Å²) in [6, 6.07) is 2.20. The van der Waals surface area contributed by atoms with Crippen molar-refractivity contribution in [3.05, 3.63) is 28.8 Å². The first-order valence-electron chi connectivity index (χ1n) is 6.60. The summed E-state index contributed by atoms with van der Waals surface area (Å²) in [4.78, 5) is -0.593. The van der Waals surface area contributed by atoms with E-state index in [9.17, 15) is 21.6 Å². The number of alkyl halides is 3. The molecule has 22 heavy (non-hydrogen) atoms. The van der Waals surface area contributed by atoms with Crippen LogP contribution in [0.3, 0.4) is 0 Å². The summed E-state index contributed by atoms with van der Waals surface area (Å²) < 4.78 is 65.5. The topological polar surface area (TPSA) is 72.2 Å². The summed E-state index contributed by atoms with van der Waals surface area (Å²) >= 11 is 5.78. The fourth-order valence-electron chi connectivity index (χ4n) is 2.26. The van der Waals surface area contributed by atoms with Crippen molar-refractivity contribution in [2.75, 3.05) is 6.54 Å². The van der Waals surface area contributed by atoms with Crippen LogP contribution in [0.4, 0.5) is 13.2 Å². The SMILES string of the molecule is CC(CN)(NS(=O)(=O)c1cc(C(F)(F)F)ccc1Cl)C1CC1. The highest BCUT2D eigenvalue weighted by Gasteiger charge is 2.44. The molecule has 0 bridgehead atoms. The van der Waals surface area contributed by atoms with Gasteiger partial charge in [-0.3, -0.25) is 0 Å². The average molecular weight is 357 g/mol. The second-order valence-corrected chi connectivity index (χ2v) is 7.70. The molecule has 0 aromatic heterocycles. The Morgan fingerprint density at radius 2 is 1.95 bits per heavy atom. The second-order valence-electron chi connectivity index (χ2n) is 5.64. The van der Waals surface area contributed by atoms with E-state index in [-0.39, 0.29) is 17.5 Å². The summed E-state index contributed by atoms with van der Waals surface area (Å²) in [5, 5.41) is -0.268. The van der Waals surface area contributed by atoms with Gasteiger partial charge in [0.15, 0.2) is 0 Å². The van der Waals surface area contributed by atoms with E-state index in [1.165, 1.54) is 0 Å². The highest BCUT2D eigenvalue weighted by molar-refractivity contribution is 7.89. The quantitative estimate of drug-likeness (QED) is 0.852. The lowest BCUT2D eigenvalue weighted by Gasteiger charge is -2.29. The smallest absolute Gasteiger partial charge is 0.329 e. The van der Waals surface area contributed by atoms with Crippen molar-refractivity contribution in [3.8, 4) is 0 Å². The Morgan fingerprint density at radius 1 is 1.36 bits per heavy atom.